The molecule has 0 aromatic heterocycles. The topological polar surface area (TPSA) is 41.9 Å². The van der Waals surface area contributed by atoms with Crippen LogP contribution in [0.4, 0.5) is 10.1 Å². The zero-order chi connectivity index (χ0) is 27.7. The van der Waals surface area contributed by atoms with E-state index in [0.29, 0.717) is 19.6 Å². The van der Waals surface area contributed by atoms with Gasteiger partial charge in [0, 0.05) is 31.9 Å². The highest BCUT2D eigenvalue weighted by molar-refractivity contribution is 6.99. The van der Waals surface area contributed by atoms with Gasteiger partial charge in [-0.25, -0.2) is 4.39 Å². The maximum absolute atomic E-state index is 13.6. The Morgan fingerprint density at radius 2 is 1.54 bits per heavy atom. The van der Waals surface area contributed by atoms with Crippen molar-refractivity contribution in [3.05, 3.63) is 90.7 Å². The van der Waals surface area contributed by atoms with Crippen LogP contribution in [0.2, 0.25) is 5.04 Å². The summed E-state index contributed by atoms with van der Waals surface area (Å²) < 4.78 is 27.3. The fourth-order valence-corrected chi connectivity index (χ4v) is 11.7. The molecule has 1 aliphatic carbocycles. The molecule has 5 rings (SSSR count). The summed E-state index contributed by atoms with van der Waals surface area (Å²) in [7, 11) is -0.693. The van der Waals surface area contributed by atoms with Gasteiger partial charge in [0.2, 0.25) is 0 Å². The number of likely N-dealkylation sites (N-methyl/N-ethyl adjacent to an activating group) is 1. The van der Waals surface area contributed by atoms with E-state index in [1.165, 1.54) is 22.5 Å². The lowest BCUT2D eigenvalue weighted by Crippen LogP contribution is -2.69. The summed E-state index contributed by atoms with van der Waals surface area (Å²) in [4.78, 5) is 2.11. The van der Waals surface area contributed by atoms with E-state index in [2.05, 4.69) is 86.3 Å². The number of benzene rings is 3. The van der Waals surface area contributed by atoms with Crippen LogP contribution >= 0.6 is 0 Å². The fourth-order valence-electron chi connectivity index (χ4n) is 7.08. The minimum Gasteiger partial charge on any atom is -0.407 e. The van der Waals surface area contributed by atoms with Gasteiger partial charge in [-0.1, -0.05) is 81.4 Å². The smallest absolute Gasteiger partial charge is 0.261 e. The second-order valence-corrected chi connectivity index (χ2v) is 16.6. The van der Waals surface area contributed by atoms with Gasteiger partial charge in [-0.05, 0) is 65.4 Å². The van der Waals surface area contributed by atoms with Gasteiger partial charge in [0.15, 0.2) is 0 Å². The Balaban J connectivity index is 1.46. The van der Waals surface area contributed by atoms with Gasteiger partial charge < -0.3 is 19.2 Å². The monoisotopic (exact) mass is 547 g/mol. The molecule has 1 saturated carbocycles. The standard InChI is InChI=1S/C33H42FNO3Si/c1-32(2,3)39(28-12-7-5-8-13-28,29-14-9-6-10-15-29)38-24-25-16-21-30(33(36)22-11-23-37-31(25)33)35(4)27-19-17-26(34)18-20-27/h5-10,12-15,17-20,25,30-31,36H,11,16,21-24H2,1-4H3/t25?,30-,31?,33+/m0/s1. The van der Waals surface area contributed by atoms with Gasteiger partial charge in [-0.15, -0.1) is 0 Å². The quantitative estimate of drug-likeness (QED) is 0.395. The van der Waals surface area contributed by atoms with Gasteiger partial charge in [-0.3, -0.25) is 0 Å². The summed E-state index contributed by atoms with van der Waals surface area (Å²) >= 11 is 0. The van der Waals surface area contributed by atoms with Crippen molar-refractivity contribution in [3.8, 4) is 0 Å². The van der Waals surface area contributed by atoms with Crippen molar-refractivity contribution in [2.45, 2.75) is 69.2 Å². The molecular weight excluding hydrogens is 505 g/mol. The van der Waals surface area contributed by atoms with Gasteiger partial charge in [0.05, 0.1) is 12.1 Å². The lowest BCUT2D eigenvalue weighted by Gasteiger charge is -2.55. The highest BCUT2D eigenvalue weighted by Gasteiger charge is 2.56. The molecule has 1 heterocycles. The molecule has 1 saturated heterocycles. The van der Waals surface area contributed by atoms with Crippen LogP contribution in [0.1, 0.15) is 46.5 Å². The van der Waals surface area contributed by atoms with E-state index in [9.17, 15) is 9.50 Å². The summed E-state index contributed by atoms with van der Waals surface area (Å²) in [5.74, 6) is -0.177. The first kappa shape index (κ1) is 28.0. The van der Waals surface area contributed by atoms with Crippen LogP contribution in [0.3, 0.4) is 0 Å². The van der Waals surface area contributed by atoms with E-state index in [0.717, 1.165) is 24.9 Å². The molecule has 2 unspecified atom stereocenters. The van der Waals surface area contributed by atoms with Crippen molar-refractivity contribution >= 4 is 24.4 Å². The summed E-state index contributed by atoms with van der Waals surface area (Å²) in [6.45, 7) is 8.06. The molecule has 39 heavy (non-hydrogen) atoms. The van der Waals surface area contributed by atoms with Crippen molar-refractivity contribution < 1.29 is 18.7 Å². The molecule has 2 fully saturated rings. The number of anilines is 1. The number of fused-ring (bicyclic) bond motifs is 1. The second-order valence-electron chi connectivity index (χ2n) is 12.3. The predicted octanol–water partition coefficient (Wildman–Crippen LogP) is 5.53. The first-order valence-electron chi connectivity index (χ1n) is 14.2. The Hall–Kier alpha value is -2.51. The number of halogens is 1. The van der Waals surface area contributed by atoms with Crippen LogP contribution in [0, 0.1) is 11.7 Å². The van der Waals surface area contributed by atoms with Crippen molar-refractivity contribution in [3.63, 3.8) is 0 Å². The molecule has 1 N–H and O–H groups in total. The van der Waals surface area contributed by atoms with E-state index in [1.807, 2.05) is 7.05 Å². The van der Waals surface area contributed by atoms with Crippen LogP contribution in [0.15, 0.2) is 84.9 Å². The molecule has 4 atom stereocenters. The van der Waals surface area contributed by atoms with Crippen LogP contribution in [0.25, 0.3) is 0 Å². The third-order valence-corrected chi connectivity index (χ3v) is 14.0. The van der Waals surface area contributed by atoms with Crippen LogP contribution in [0.5, 0.6) is 0 Å². The average molecular weight is 548 g/mol. The van der Waals surface area contributed by atoms with E-state index >= 15 is 0 Å². The summed E-state index contributed by atoms with van der Waals surface area (Å²) in [6.07, 6.45) is 2.90. The third-order valence-electron chi connectivity index (χ3n) is 8.96. The fraction of sp³-hybridized carbons (Fsp3) is 0.455. The Labute approximate surface area is 233 Å². The minimum absolute atomic E-state index is 0.0785. The Morgan fingerprint density at radius 1 is 0.949 bits per heavy atom. The number of aliphatic hydroxyl groups is 1. The Kier molecular flexibility index (Phi) is 8.02. The summed E-state index contributed by atoms with van der Waals surface area (Å²) in [6, 6.07) is 27.8. The number of hydrogen-bond acceptors (Lipinski definition) is 4. The molecule has 6 heteroatoms. The van der Waals surface area contributed by atoms with Gasteiger partial charge >= 0.3 is 0 Å². The number of nitrogens with zero attached hydrogens (tertiary/aromatic N) is 1. The van der Waals surface area contributed by atoms with Crippen molar-refractivity contribution in [2.75, 3.05) is 25.2 Å². The molecule has 4 nitrogen and oxygen atoms in total. The van der Waals surface area contributed by atoms with Crippen LogP contribution in [-0.2, 0) is 9.16 Å². The Bertz CT molecular complexity index is 1180. The SMILES string of the molecule is CN(c1ccc(F)cc1)[C@H]1CCC(CO[Si](c2ccccc2)(c2ccccc2)C(C)(C)C)C2OCCC[C@]21O. The van der Waals surface area contributed by atoms with Crippen molar-refractivity contribution in [2.24, 2.45) is 5.92 Å². The molecule has 0 radical (unpaired) electrons. The first-order valence-corrected chi connectivity index (χ1v) is 16.1. The van der Waals surface area contributed by atoms with Crippen LogP contribution < -0.4 is 15.3 Å². The van der Waals surface area contributed by atoms with E-state index in [-0.39, 0.29) is 28.9 Å². The molecule has 0 bridgehead atoms. The molecule has 208 valence electrons. The molecule has 3 aromatic rings. The van der Waals surface area contributed by atoms with Crippen molar-refractivity contribution in [1.29, 1.82) is 0 Å². The molecular formula is C33H42FNO3Si. The zero-order valence-electron chi connectivity index (χ0n) is 23.6. The van der Waals surface area contributed by atoms with Gasteiger partial charge in [-0.2, -0.15) is 0 Å². The minimum atomic E-state index is -2.69. The Morgan fingerprint density at radius 3 is 2.10 bits per heavy atom. The molecule has 1 aliphatic heterocycles. The van der Waals surface area contributed by atoms with Gasteiger partial charge in [0.1, 0.15) is 11.4 Å². The van der Waals surface area contributed by atoms with E-state index in [1.54, 1.807) is 12.1 Å². The summed E-state index contributed by atoms with van der Waals surface area (Å²) in [5, 5.41) is 14.6. The molecule has 0 amide bonds. The zero-order valence-corrected chi connectivity index (χ0v) is 24.6. The van der Waals surface area contributed by atoms with Crippen LogP contribution in [-0.4, -0.2) is 51.4 Å². The lowest BCUT2D eigenvalue weighted by atomic mass is 9.68. The first-order chi connectivity index (χ1) is 18.7. The van der Waals surface area contributed by atoms with E-state index < -0.39 is 13.9 Å². The van der Waals surface area contributed by atoms with Gasteiger partial charge in [0.25, 0.3) is 8.32 Å². The van der Waals surface area contributed by atoms with E-state index in [4.69, 9.17) is 9.16 Å². The van der Waals surface area contributed by atoms with Crippen molar-refractivity contribution in [1.82, 2.24) is 0 Å². The number of hydrogen-bond donors (Lipinski definition) is 1. The maximum atomic E-state index is 13.6. The number of ether oxygens (including phenoxy) is 1. The molecule has 0 spiro atoms. The average Bonchev–Trinajstić information content (AvgIpc) is 2.93. The second kappa shape index (κ2) is 11.2. The molecule has 2 aliphatic rings. The third kappa shape index (κ3) is 5.20. The highest BCUT2D eigenvalue weighted by Crippen LogP contribution is 2.45. The predicted molar refractivity (Wildman–Crippen MR) is 159 cm³/mol. The highest BCUT2D eigenvalue weighted by atomic mass is 28.4. The number of rotatable bonds is 7. The lowest BCUT2D eigenvalue weighted by molar-refractivity contribution is -0.197. The normalized spacial score (nSPS) is 25.6. The maximum Gasteiger partial charge on any atom is 0.261 e. The molecule has 3 aromatic carbocycles. The largest absolute Gasteiger partial charge is 0.407 e. The summed E-state index contributed by atoms with van der Waals surface area (Å²) in [5.41, 5.74) is -0.0970.